The van der Waals surface area contributed by atoms with E-state index in [1.54, 1.807) is 28.8 Å². The fourth-order valence-corrected chi connectivity index (χ4v) is 5.08. The van der Waals surface area contributed by atoms with Gasteiger partial charge in [0.1, 0.15) is 11.3 Å². The molecule has 3 aromatic rings. The number of thiazole rings is 1. The molecule has 0 unspecified atom stereocenters. The number of amides is 1. The summed E-state index contributed by atoms with van der Waals surface area (Å²) < 4.78 is 33.2. The van der Waals surface area contributed by atoms with Gasteiger partial charge in [0, 0.05) is 13.5 Å². The maximum Gasteiger partial charge on any atom is 0.249 e. The van der Waals surface area contributed by atoms with Gasteiger partial charge in [0.05, 0.1) is 22.0 Å². The lowest BCUT2D eigenvalue weighted by molar-refractivity contribution is -0.117. The Kier molecular flexibility index (Phi) is 6.00. The summed E-state index contributed by atoms with van der Waals surface area (Å²) in [4.78, 5) is 17.2. The number of hydrogen-bond acceptors (Lipinski definition) is 5. The van der Waals surface area contributed by atoms with Gasteiger partial charge in [-0.25, -0.2) is 8.42 Å². The number of carbonyl (C=O) groups excluding carboxylic acids is 1. The van der Waals surface area contributed by atoms with Gasteiger partial charge in [-0.05, 0) is 38.1 Å². The summed E-state index contributed by atoms with van der Waals surface area (Å²) in [5.74, 6) is 0.00222. The lowest BCUT2D eigenvalue weighted by Gasteiger charge is -2.05. The van der Waals surface area contributed by atoms with Crippen molar-refractivity contribution >= 4 is 37.3 Å². The number of aromatic nitrogens is 1. The number of nitrogens with zero attached hydrogens (tertiary/aromatic N) is 2. The molecule has 0 saturated heterocycles. The smallest absolute Gasteiger partial charge is 0.249 e. The van der Waals surface area contributed by atoms with Crippen LogP contribution >= 0.6 is 11.3 Å². The Morgan fingerprint density at radius 2 is 1.89 bits per heavy atom. The SMILES string of the molecule is CCOc1cccc2sc(=NC(=O)CCS(=O)(=O)c3ccc(C)cc3)n(C)c12. The molecule has 0 N–H and O–H groups in total. The summed E-state index contributed by atoms with van der Waals surface area (Å²) in [6.07, 6.45) is -0.164. The van der Waals surface area contributed by atoms with E-state index in [4.69, 9.17) is 4.74 Å². The molecule has 0 aliphatic carbocycles. The zero-order valence-electron chi connectivity index (χ0n) is 16.0. The summed E-state index contributed by atoms with van der Waals surface area (Å²) in [5.41, 5.74) is 1.85. The molecule has 0 fully saturated rings. The molecular formula is C20H22N2O4S2. The highest BCUT2D eigenvalue weighted by Gasteiger charge is 2.16. The lowest BCUT2D eigenvalue weighted by atomic mass is 10.2. The third-order valence-electron chi connectivity index (χ3n) is 4.27. The maximum atomic E-state index is 12.4. The molecule has 1 aromatic heterocycles. The van der Waals surface area contributed by atoms with Crippen LogP contribution in [-0.4, -0.2) is 31.3 Å². The van der Waals surface area contributed by atoms with E-state index in [1.165, 1.54) is 11.3 Å². The fourth-order valence-electron chi connectivity index (χ4n) is 2.80. The molecule has 8 heteroatoms. The second-order valence-electron chi connectivity index (χ2n) is 6.37. The van der Waals surface area contributed by atoms with Gasteiger partial charge in [0.25, 0.3) is 0 Å². The normalized spacial score (nSPS) is 12.5. The number of aryl methyl sites for hydroxylation is 2. The van der Waals surface area contributed by atoms with E-state index >= 15 is 0 Å². The summed E-state index contributed by atoms with van der Waals surface area (Å²) >= 11 is 1.37. The van der Waals surface area contributed by atoms with E-state index in [0.29, 0.717) is 11.4 Å². The Morgan fingerprint density at radius 1 is 1.18 bits per heavy atom. The van der Waals surface area contributed by atoms with Crippen molar-refractivity contribution in [2.75, 3.05) is 12.4 Å². The molecule has 0 saturated carbocycles. The van der Waals surface area contributed by atoms with E-state index in [1.807, 2.05) is 39.1 Å². The predicted molar refractivity (Wildman–Crippen MR) is 110 cm³/mol. The fraction of sp³-hybridized carbons (Fsp3) is 0.300. The van der Waals surface area contributed by atoms with Gasteiger partial charge < -0.3 is 9.30 Å². The van der Waals surface area contributed by atoms with Crippen molar-refractivity contribution in [2.45, 2.75) is 25.2 Å². The van der Waals surface area contributed by atoms with Gasteiger partial charge in [0.2, 0.25) is 5.91 Å². The minimum atomic E-state index is -3.52. The number of hydrogen-bond donors (Lipinski definition) is 0. The Balaban J connectivity index is 1.82. The molecule has 3 rings (SSSR count). The van der Waals surface area contributed by atoms with Crippen molar-refractivity contribution in [2.24, 2.45) is 12.0 Å². The van der Waals surface area contributed by atoms with Crippen molar-refractivity contribution in [3.63, 3.8) is 0 Å². The van der Waals surface area contributed by atoms with Crippen molar-refractivity contribution in [3.05, 3.63) is 52.8 Å². The van der Waals surface area contributed by atoms with Gasteiger partial charge in [-0.1, -0.05) is 35.1 Å². The second kappa shape index (κ2) is 8.28. The second-order valence-corrected chi connectivity index (χ2v) is 9.49. The van der Waals surface area contributed by atoms with Gasteiger partial charge in [-0.15, -0.1) is 0 Å². The zero-order chi connectivity index (χ0) is 20.3. The Labute approximate surface area is 168 Å². The van der Waals surface area contributed by atoms with Gasteiger partial charge in [-0.2, -0.15) is 4.99 Å². The number of para-hydroxylation sites is 1. The van der Waals surface area contributed by atoms with Crippen molar-refractivity contribution < 1.29 is 17.9 Å². The Morgan fingerprint density at radius 3 is 2.57 bits per heavy atom. The standard InChI is InChI=1S/C20H22N2O4S2/c1-4-26-16-6-5-7-17-19(16)22(3)20(27-17)21-18(23)12-13-28(24,25)15-10-8-14(2)9-11-15/h5-11H,4,12-13H2,1-3H3. The number of rotatable bonds is 6. The number of sulfone groups is 1. The van der Waals surface area contributed by atoms with E-state index in [-0.39, 0.29) is 17.1 Å². The molecule has 0 aliphatic heterocycles. The van der Waals surface area contributed by atoms with Gasteiger partial charge in [0.15, 0.2) is 14.6 Å². The predicted octanol–water partition coefficient (Wildman–Crippen LogP) is 3.24. The Hall–Kier alpha value is -2.45. The van der Waals surface area contributed by atoms with Crippen molar-refractivity contribution in [1.29, 1.82) is 0 Å². The quantitative estimate of drug-likeness (QED) is 0.616. The number of ether oxygens (including phenoxy) is 1. The number of benzene rings is 2. The van der Waals surface area contributed by atoms with Crippen LogP contribution in [0.25, 0.3) is 10.2 Å². The largest absolute Gasteiger partial charge is 0.492 e. The van der Waals surface area contributed by atoms with E-state index in [0.717, 1.165) is 21.5 Å². The van der Waals surface area contributed by atoms with E-state index in [9.17, 15) is 13.2 Å². The maximum absolute atomic E-state index is 12.4. The van der Waals surface area contributed by atoms with Crippen LogP contribution in [0.2, 0.25) is 0 Å². The molecule has 0 radical (unpaired) electrons. The first-order chi connectivity index (χ1) is 13.3. The van der Waals surface area contributed by atoms with Crippen LogP contribution in [0, 0.1) is 6.92 Å². The molecular weight excluding hydrogens is 396 g/mol. The van der Waals surface area contributed by atoms with Crippen LogP contribution in [0.5, 0.6) is 5.75 Å². The van der Waals surface area contributed by atoms with Crippen molar-refractivity contribution in [1.82, 2.24) is 4.57 Å². The first-order valence-electron chi connectivity index (χ1n) is 8.90. The molecule has 0 aliphatic rings. The topological polar surface area (TPSA) is 77.7 Å². The first kappa shape index (κ1) is 20.3. The van der Waals surface area contributed by atoms with Crippen molar-refractivity contribution in [3.8, 4) is 5.75 Å². The average molecular weight is 419 g/mol. The summed E-state index contributed by atoms with van der Waals surface area (Å²) in [7, 11) is -1.70. The molecule has 1 heterocycles. The summed E-state index contributed by atoms with van der Waals surface area (Å²) in [5, 5.41) is 0. The lowest BCUT2D eigenvalue weighted by Crippen LogP contribution is -2.16. The molecule has 0 bridgehead atoms. The van der Waals surface area contributed by atoms with Crippen LogP contribution < -0.4 is 9.54 Å². The summed E-state index contributed by atoms with van der Waals surface area (Å²) in [6.45, 7) is 4.34. The average Bonchev–Trinajstić information content (AvgIpc) is 2.97. The van der Waals surface area contributed by atoms with E-state index < -0.39 is 15.7 Å². The zero-order valence-corrected chi connectivity index (χ0v) is 17.6. The highest BCUT2D eigenvalue weighted by Crippen LogP contribution is 2.26. The minimum Gasteiger partial charge on any atom is -0.492 e. The monoisotopic (exact) mass is 418 g/mol. The molecule has 148 valence electrons. The van der Waals surface area contributed by atoms with Gasteiger partial charge in [-0.3, -0.25) is 4.79 Å². The molecule has 6 nitrogen and oxygen atoms in total. The van der Waals surface area contributed by atoms with Crippen LogP contribution in [0.4, 0.5) is 0 Å². The Bertz CT molecular complexity index is 1170. The molecule has 0 spiro atoms. The minimum absolute atomic E-state index is 0.164. The third-order valence-corrected chi connectivity index (χ3v) is 7.10. The van der Waals surface area contributed by atoms with Crippen LogP contribution in [0.1, 0.15) is 18.9 Å². The number of carbonyl (C=O) groups is 1. The molecule has 1 amide bonds. The third kappa shape index (κ3) is 4.34. The molecule has 0 atom stereocenters. The van der Waals surface area contributed by atoms with Crippen LogP contribution in [0.3, 0.4) is 0 Å². The highest BCUT2D eigenvalue weighted by atomic mass is 32.2. The van der Waals surface area contributed by atoms with Crippen LogP contribution in [-0.2, 0) is 21.7 Å². The van der Waals surface area contributed by atoms with E-state index in [2.05, 4.69) is 4.99 Å². The first-order valence-corrected chi connectivity index (χ1v) is 11.4. The molecule has 28 heavy (non-hydrogen) atoms. The highest BCUT2D eigenvalue weighted by molar-refractivity contribution is 7.91. The molecule has 2 aromatic carbocycles. The van der Waals surface area contributed by atoms with Gasteiger partial charge >= 0.3 is 0 Å². The summed E-state index contributed by atoms with van der Waals surface area (Å²) in [6, 6.07) is 12.3. The number of fused-ring (bicyclic) bond motifs is 1. The van der Waals surface area contributed by atoms with Crippen LogP contribution in [0.15, 0.2) is 52.4 Å².